The molecule has 1 fully saturated rings. The smallest absolute Gasteiger partial charge is 0.315 e. The number of nitrogens with one attached hydrogen (secondary N) is 1. The molecule has 3 amide bonds. The predicted octanol–water partition coefficient (Wildman–Crippen LogP) is 2.55. The second kappa shape index (κ2) is 8.67. The molecular weight excluding hydrogens is 316 g/mol. The van der Waals surface area contributed by atoms with E-state index in [1.807, 2.05) is 0 Å². The molecule has 0 aromatic carbocycles. The number of hydrazine groups is 1. The molecule has 1 atom stereocenters. The molecule has 0 spiro atoms. The maximum Gasteiger partial charge on any atom is 0.315 e. The summed E-state index contributed by atoms with van der Waals surface area (Å²) in [4.78, 5) is 26.7. The third-order valence-electron chi connectivity index (χ3n) is 5.19. The van der Waals surface area contributed by atoms with Crippen molar-refractivity contribution in [2.45, 2.75) is 49.6 Å². The van der Waals surface area contributed by atoms with E-state index in [1.165, 1.54) is 0 Å². The van der Waals surface area contributed by atoms with Gasteiger partial charge >= 0.3 is 6.03 Å². The molecule has 0 saturated carbocycles. The molecule has 0 aromatic heterocycles. The third kappa shape index (κ3) is 3.69. The number of carbonyl (C=O) groups excluding carboxylic acids is 2. The van der Waals surface area contributed by atoms with Crippen LogP contribution in [0.4, 0.5) is 4.79 Å². The van der Waals surface area contributed by atoms with E-state index in [1.54, 1.807) is 29.2 Å². The van der Waals surface area contributed by atoms with Gasteiger partial charge in [-0.1, -0.05) is 24.3 Å². The van der Waals surface area contributed by atoms with E-state index in [0.29, 0.717) is 38.5 Å². The van der Waals surface area contributed by atoms with Crippen LogP contribution in [-0.4, -0.2) is 27.9 Å². The fraction of sp³-hybridized carbons (Fsp3) is 0.474. The van der Waals surface area contributed by atoms with Crippen LogP contribution in [0.3, 0.4) is 0 Å². The van der Waals surface area contributed by atoms with Gasteiger partial charge in [-0.3, -0.25) is 10.2 Å². The average molecular weight is 346 g/mol. The van der Waals surface area contributed by atoms with E-state index in [4.69, 9.17) is 11.6 Å². The largest absolute Gasteiger partial charge is 0.351 e. The van der Waals surface area contributed by atoms with Crippen molar-refractivity contribution in [3.63, 3.8) is 0 Å². The van der Waals surface area contributed by atoms with Gasteiger partial charge in [-0.2, -0.15) is 0 Å². The molecule has 1 heterocycles. The summed E-state index contributed by atoms with van der Waals surface area (Å²) in [5, 5.41) is 0. The lowest BCUT2D eigenvalue weighted by Gasteiger charge is -2.59. The summed E-state index contributed by atoms with van der Waals surface area (Å²) in [6.45, 7) is 15.3. The summed E-state index contributed by atoms with van der Waals surface area (Å²) in [5.74, 6) is 4.58. The summed E-state index contributed by atoms with van der Waals surface area (Å²) in [6, 6.07) is -0.582. The summed E-state index contributed by atoms with van der Waals surface area (Å²) in [6.07, 6.45) is 10.0. The van der Waals surface area contributed by atoms with Crippen molar-refractivity contribution in [2.24, 2.45) is 17.5 Å². The van der Waals surface area contributed by atoms with Crippen LogP contribution in [0.2, 0.25) is 0 Å². The average Bonchev–Trinajstić information content (AvgIpc) is 2.55. The highest BCUT2D eigenvalue weighted by atomic mass is 16.2. The highest BCUT2D eigenvalue weighted by Crippen LogP contribution is 2.49. The number of hydrogen-bond acceptors (Lipinski definition) is 3. The van der Waals surface area contributed by atoms with Crippen molar-refractivity contribution >= 4 is 11.9 Å². The van der Waals surface area contributed by atoms with Gasteiger partial charge < -0.3 is 10.6 Å². The predicted molar refractivity (Wildman–Crippen MR) is 101 cm³/mol. The first-order valence-corrected chi connectivity index (χ1v) is 8.43. The van der Waals surface area contributed by atoms with Gasteiger partial charge in [0, 0.05) is 0 Å². The Hall–Kier alpha value is -2.34. The number of rotatable bonds is 9. The third-order valence-corrected chi connectivity index (χ3v) is 5.19. The van der Waals surface area contributed by atoms with Crippen molar-refractivity contribution in [2.75, 3.05) is 0 Å². The Bertz CT molecular complexity index is 536. The van der Waals surface area contributed by atoms with Gasteiger partial charge in [0.2, 0.25) is 5.91 Å². The van der Waals surface area contributed by atoms with Crippen LogP contribution in [0.5, 0.6) is 0 Å². The summed E-state index contributed by atoms with van der Waals surface area (Å²) in [7, 11) is 0. The van der Waals surface area contributed by atoms with Crippen LogP contribution in [0.1, 0.15) is 38.5 Å². The Morgan fingerprint density at radius 1 is 1.04 bits per heavy atom. The van der Waals surface area contributed by atoms with Crippen LogP contribution in [0.15, 0.2) is 50.6 Å². The van der Waals surface area contributed by atoms with E-state index in [2.05, 4.69) is 31.7 Å². The van der Waals surface area contributed by atoms with Gasteiger partial charge in [-0.25, -0.2) is 10.6 Å². The molecular formula is C19H30N4O2. The molecule has 5 N–H and O–H groups in total. The van der Waals surface area contributed by atoms with E-state index >= 15 is 0 Å². The normalized spacial score (nSPS) is 21.0. The Kier molecular flexibility index (Phi) is 7.18. The number of urea groups is 1. The molecule has 0 bridgehead atoms. The molecule has 6 heteroatoms. The second-order valence-corrected chi connectivity index (χ2v) is 6.57. The zero-order chi connectivity index (χ0) is 19.1. The van der Waals surface area contributed by atoms with Gasteiger partial charge in [-0.15, -0.1) is 26.3 Å². The maximum atomic E-state index is 12.6. The standard InChI is InChI=1S/C19H30N4O2/c1-5-10-18(11-6-2)14-9-15(16(24)22-21)19(12-7-3,13-8-4)23(18)17(20)25/h5-8,15H,1-4,9-14,21H2,(H2,20,25)(H,22,24). The zero-order valence-corrected chi connectivity index (χ0v) is 14.9. The minimum atomic E-state index is -0.872. The fourth-order valence-corrected chi connectivity index (χ4v) is 4.41. The number of primary amides is 1. The minimum Gasteiger partial charge on any atom is -0.351 e. The number of piperidine rings is 1. The number of nitrogens with two attached hydrogens (primary N) is 2. The minimum absolute atomic E-state index is 0.319. The molecule has 138 valence electrons. The number of likely N-dealkylation sites (tertiary alicyclic amines) is 1. The first kappa shape index (κ1) is 20.7. The summed E-state index contributed by atoms with van der Waals surface area (Å²) < 4.78 is 0. The Morgan fingerprint density at radius 2 is 1.52 bits per heavy atom. The SMILES string of the molecule is C=CCC1(CC=C)CCC(C(=O)NN)C(CC=C)(CC=C)N1C(N)=O. The topological polar surface area (TPSA) is 101 Å². The molecule has 1 rings (SSSR count). The van der Waals surface area contributed by atoms with Gasteiger partial charge in [-0.05, 0) is 38.5 Å². The van der Waals surface area contributed by atoms with E-state index in [9.17, 15) is 9.59 Å². The zero-order valence-electron chi connectivity index (χ0n) is 14.9. The lowest BCUT2D eigenvalue weighted by molar-refractivity contribution is -0.137. The maximum absolute atomic E-state index is 12.6. The van der Waals surface area contributed by atoms with Crippen LogP contribution in [0.25, 0.3) is 0 Å². The summed E-state index contributed by atoms with van der Waals surface area (Å²) >= 11 is 0. The van der Waals surface area contributed by atoms with Crippen LogP contribution in [-0.2, 0) is 4.79 Å². The molecule has 1 aliphatic rings. The molecule has 1 saturated heterocycles. The van der Waals surface area contributed by atoms with Crippen LogP contribution < -0.4 is 17.0 Å². The number of carbonyl (C=O) groups is 2. The Balaban J connectivity index is 3.67. The van der Waals surface area contributed by atoms with Crippen molar-refractivity contribution in [1.29, 1.82) is 0 Å². The lowest BCUT2D eigenvalue weighted by atomic mass is 9.64. The van der Waals surface area contributed by atoms with Crippen LogP contribution >= 0.6 is 0 Å². The molecule has 1 aliphatic heterocycles. The quantitative estimate of drug-likeness (QED) is 0.259. The molecule has 1 unspecified atom stereocenters. The molecule has 0 aromatic rings. The van der Waals surface area contributed by atoms with E-state index in [-0.39, 0.29) is 5.91 Å². The molecule has 0 aliphatic carbocycles. The van der Waals surface area contributed by atoms with Gasteiger partial charge in [0.15, 0.2) is 0 Å². The second-order valence-electron chi connectivity index (χ2n) is 6.57. The Morgan fingerprint density at radius 3 is 1.88 bits per heavy atom. The number of amides is 3. The van der Waals surface area contributed by atoms with E-state index < -0.39 is 23.0 Å². The lowest BCUT2D eigenvalue weighted by Crippen LogP contribution is -2.71. The van der Waals surface area contributed by atoms with Gasteiger partial charge in [0.1, 0.15) is 0 Å². The van der Waals surface area contributed by atoms with Crippen LogP contribution in [0, 0.1) is 5.92 Å². The Labute approximate surface area is 150 Å². The highest BCUT2D eigenvalue weighted by molar-refractivity contribution is 5.82. The van der Waals surface area contributed by atoms with Gasteiger partial charge in [0.25, 0.3) is 0 Å². The monoisotopic (exact) mass is 346 g/mol. The first-order valence-electron chi connectivity index (χ1n) is 8.43. The van der Waals surface area contributed by atoms with Crippen molar-refractivity contribution in [3.8, 4) is 0 Å². The van der Waals surface area contributed by atoms with Crippen molar-refractivity contribution in [3.05, 3.63) is 50.6 Å². The first-order chi connectivity index (χ1) is 11.9. The van der Waals surface area contributed by atoms with E-state index in [0.717, 1.165) is 0 Å². The highest BCUT2D eigenvalue weighted by Gasteiger charge is 2.57. The van der Waals surface area contributed by atoms with Crippen molar-refractivity contribution < 1.29 is 9.59 Å². The molecule has 0 radical (unpaired) electrons. The van der Waals surface area contributed by atoms with Crippen molar-refractivity contribution in [1.82, 2.24) is 10.3 Å². The molecule has 6 nitrogen and oxygen atoms in total. The number of hydrogen-bond donors (Lipinski definition) is 3. The fourth-order valence-electron chi connectivity index (χ4n) is 4.41. The van der Waals surface area contributed by atoms with Gasteiger partial charge in [0.05, 0.1) is 17.0 Å². The number of nitrogens with zero attached hydrogens (tertiary/aromatic N) is 1. The summed E-state index contributed by atoms with van der Waals surface area (Å²) in [5.41, 5.74) is 6.61. The molecule has 25 heavy (non-hydrogen) atoms.